The van der Waals surface area contributed by atoms with Gasteiger partial charge in [0, 0.05) is 44.3 Å². The predicted molar refractivity (Wildman–Crippen MR) is 163 cm³/mol. The molecule has 1 amide bonds. The van der Waals surface area contributed by atoms with Crippen LogP contribution in [-0.2, 0) is 0 Å². The molecule has 4 heterocycles. The first-order chi connectivity index (χ1) is 20.5. The second-order valence-corrected chi connectivity index (χ2v) is 11.1. The van der Waals surface area contributed by atoms with Gasteiger partial charge >= 0.3 is 0 Å². The van der Waals surface area contributed by atoms with Gasteiger partial charge in [-0.15, -0.1) is 11.7 Å². The van der Waals surface area contributed by atoms with Crippen LogP contribution in [0.15, 0.2) is 68.0 Å². The molecular weight excluding hydrogens is 530 g/mol. The highest BCUT2D eigenvalue weighted by atomic mass is 16.5. The van der Waals surface area contributed by atoms with Gasteiger partial charge in [-0.05, 0) is 73.1 Å². The third-order valence-electron chi connectivity index (χ3n) is 8.69. The fraction of sp³-hybridized carbons (Fsp3) is 0.387. The van der Waals surface area contributed by atoms with Crippen molar-refractivity contribution in [1.82, 2.24) is 39.6 Å². The van der Waals surface area contributed by atoms with Crippen molar-refractivity contribution in [1.29, 1.82) is 0 Å². The normalized spacial score (nSPS) is 19.6. The maximum atomic E-state index is 13.7. The van der Waals surface area contributed by atoms with Crippen LogP contribution in [0.1, 0.15) is 29.6 Å². The summed E-state index contributed by atoms with van der Waals surface area (Å²) in [5.74, 6) is 1.44. The summed E-state index contributed by atoms with van der Waals surface area (Å²) < 4.78 is 9.16. The summed E-state index contributed by atoms with van der Waals surface area (Å²) in [7, 11) is 1.58. The summed E-state index contributed by atoms with van der Waals surface area (Å²) in [6.45, 7) is 14.3. The second-order valence-electron chi connectivity index (χ2n) is 11.1. The number of rotatable bonds is 9. The highest BCUT2D eigenvalue weighted by Crippen LogP contribution is 2.37. The van der Waals surface area contributed by atoms with Crippen LogP contribution >= 0.6 is 0 Å². The van der Waals surface area contributed by atoms with Gasteiger partial charge in [0.1, 0.15) is 12.1 Å². The van der Waals surface area contributed by atoms with Crippen molar-refractivity contribution in [3.8, 4) is 11.4 Å². The number of imidazole rings is 1. The number of fused-ring (bicyclic) bond motifs is 1. The van der Waals surface area contributed by atoms with Gasteiger partial charge < -0.3 is 19.4 Å². The quantitative estimate of drug-likeness (QED) is 0.282. The number of ether oxygens (including phenoxy) is 1. The number of anilines is 1. The van der Waals surface area contributed by atoms with Gasteiger partial charge in [0.25, 0.3) is 5.91 Å². The zero-order valence-corrected chi connectivity index (χ0v) is 24.1. The largest absolute Gasteiger partial charge is 0.496 e. The van der Waals surface area contributed by atoms with E-state index in [9.17, 15) is 4.79 Å². The number of carbonyl (C=O) groups excluding carboxylic acids is 1. The number of hydrogen-bond donors (Lipinski definition) is 0. The Morgan fingerprint density at radius 3 is 2.76 bits per heavy atom. The molecule has 2 aliphatic heterocycles. The van der Waals surface area contributed by atoms with E-state index in [0.29, 0.717) is 30.1 Å². The molecule has 0 unspecified atom stereocenters. The summed E-state index contributed by atoms with van der Waals surface area (Å²) >= 11 is 0. The zero-order chi connectivity index (χ0) is 29.1. The molecule has 6 rings (SSSR count). The van der Waals surface area contributed by atoms with Crippen molar-refractivity contribution in [2.24, 2.45) is 5.41 Å². The van der Waals surface area contributed by atoms with Crippen LogP contribution in [0.2, 0.25) is 0 Å². The third kappa shape index (κ3) is 5.27. The Balaban J connectivity index is 1.10. The average Bonchev–Trinajstić information content (AvgIpc) is 3.76. The number of benzene rings is 2. The molecule has 2 fully saturated rings. The number of carbonyl (C=O) groups is 1. The van der Waals surface area contributed by atoms with Crippen molar-refractivity contribution in [2.45, 2.75) is 19.3 Å². The van der Waals surface area contributed by atoms with Crippen LogP contribution in [0.4, 0.5) is 5.95 Å². The molecule has 0 saturated carbocycles. The number of hydrogen-bond acceptors (Lipinski definition) is 8. The topological polar surface area (TPSA) is 97.4 Å². The Hall–Kier alpha value is -4.51. The maximum absolute atomic E-state index is 13.7. The van der Waals surface area contributed by atoms with Crippen LogP contribution in [0.25, 0.3) is 22.9 Å². The lowest BCUT2D eigenvalue weighted by molar-refractivity contribution is 0.0773. The average molecular weight is 568 g/mol. The molecule has 4 aromatic rings. The molecular formula is C31H37N9O2. The smallest absolute Gasteiger partial charge is 0.257 e. The number of para-hydroxylation sites is 2. The molecule has 0 aliphatic carbocycles. The Morgan fingerprint density at radius 2 is 1.98 bits per heavy atom. The predicted octanol–water partition coefficient (Wildman–Crippen LogP) is 3.74. The minimum Gasteiger partial charge on any atom is -0.496 e. The van der Waals surface area contributed by atoms with E-state index >= 15 is 0 Å². The molecule has 11 heteroatoms. The first-order valence-corrected chi connectivity index (χ1v) is 14.5. The number of nitrogens with zero attached hydrogens (tertiary/aromatic N) is 9. The summed E-state index contributed by atoms with van der Waals surface area (Å²) in [5.41, 5.74) is 3.15. The van der Waals surface area contributed by atoms with Crippen molar-refractivity contribution in [3.05, 3.63) is 73.6 Å². The van der Waals surface area contributed by atoms with Crippen molar-refractivity contribution < 1.29 is 9.53 Å². The molecule has 2 aliphatic rings. The molecule has 0 radical (unpaired) electrons. The monoisotopic (exact) mass is 567 g/mol. The van der Waals surface area contributed by atoms with Gasteiger partial charge in [-0.2, -0.15) is 0 Å². The Bertz CT molecular complexity index is 1580. The molecule has 2 aromatic carbocycles. The Morgan fingerprint density at radius 1 is 1.10 bits per heavy atom. The summed E-state index contributed by atoms with van der Waals surface area (Å²) in [6.07, 6.45) is 8.32. The van der Waals surface area contributed by atoms with Crippen molar-refractivity contribution >= 4 is 29.1 Å². The Labute approximate surface area is 245 Å². The molecule has 0 spiro atoms. The van der Waals surface area contributed by atoms with Gasteiger partial charge in [0.05, 0.1) is 29.4 Å². The number of aromatic nitrogens is 6. The van der Waals surface area contributed by atoms with E-state index in [4.69, 9.17) is 9.72 Å². The summed E-state index contributed by atoms with van der Waals surface area (Å²) in [4.78, 5) is 25.5. The van der Waals surface area contributed by atoms with Crippen LogP contribution in [0.5, 0.6) is 5.75 Å². The lowest BCUT2D eigenvalue weighted by Crippen LogP contribution is -2.36. The lowest BCUT2D eigenvalue weighted by atomic mass is 9.83. The second kappa shape index (κ2) is 11.8. The third-order valence-corrected chi connectivity index (χ3v) is 8.69. The van der Waals surface area contributed by atoms with E-state index < -0.39 is 0 Å². The molecule has 11 nitrogen and oxygen atoms in total. The maximum Gasteiger partial charge on any atom is 0.257 e. The van der Waals surface area contributed by atoms with Gasteiger partial charge in [-0.25, -0.2) is 9.67 Å². The molecule has 2 aromatic heterocycles. The highest BCUT2D eigenvalue weighted by molar-refractivity contribution is 5.97. The Kier molecular flexibility index (Phi) is 7.75. The standard InChI is InChI=1S/C31H37N9O2/c1-4-31(14-18-38(22-31)29(41)25-21-24(11-12-28(25)42-3)40-23-32-34-35-40)13-17-36-15-8-16-37(20-19-36)30-33-26-9-6-7-10-27(26)39(30)5-2/h4-7,9-12,21,23H,1-2,8,13-20,22H2,3H3/t31-/m1/s1. The molecule has 0 N–H and O–H groups in total. The van der Waals surface area contributed by atoms with E-state index in [2.05, 4.69) is 61.3 Å². The lowest BCUT2D eigenvalue weighted by Gasteiger charge is -2.29. The molecule has 218 valence electrons. The van der Waals surface area contributed by atoms with Gasteiger partial charge in [-0.3, -0.25) is 9.36 Å². The SMILES string of the molecule is C=Cn1c(N2CCCN(CC[C@]3(C=C)CCN(C(=O)c4cc(-n5cnnn5)ccc4OC)C3)CC2)nc2ccccc21. The van der Waals surface area contributed by atoms with Crippen LogP contribution < -0.4 is 9.64 Å². The summed E-state index contributed by atoms with van der Waals surface area (Å²) in [6, 6.07) is 13.6. The van der Waals surface area contributed by atoms with Crippen LogP contribution in [0, 0.1) is 5.41 Å². The highest BCUT2D eigenvalue weighted by Gasteiger charge is 2.38. The van der Waals surface area contributed by atoms with Gasteiger partial charge in [0.15, 0.2) is 0 Å². The zero-order valence-electron chi connectivity index (χ0n) is 24.1. The minimum atomic E-state index is -0.126. The number of tetrazole rings is 1. The van der Waals surface area contributed by atoms with Crippen LogP contribution in [-0.4, -0.2) is 98.4 Å². The molecule has 42 heavy (non-hydrogen) atoms. The van der Waals surface area contributed by atoms with Crippen molar-refractivity contribution in [3.63, 3.8) is 0 Å². The number of likely N-dealkylation sites (tertiary alicyclic amines) is 1. The molecule has 2 saturated heterocycles. The number of methoxy groups -OCH3 is 1. The summed E-state index contributed by atoms with van der Waals surface area (Å²) in [5, 5.41) is 11.4. The van der Waals surface area contributed by atoms with E-state index in [0.717, 1.165) is 69.0 Å². The van der Waals surface area contributed by atoms with E-state index in [1.165, 1.54) is 11.0 Å². The van der Waals surface area contributed by atoms with Gasteiger partial charge in [0.2, 0.25) is 5.95 Å². The fourth-order valence-electron chi connectivity index (χ4n) is 6.21. The minimum absolute atomic E-state index is 0.0546. The van der Waals surface area contributed by atoms with Crippen molar-refractivity contribution in [2.75, 3.05) is 57.8 Å². The first-order valence-electron chi connectivity index (χ1n) is 14.5. The fourth-order valence-corrected chi connectivity index (χ4v) is 6.21. The first kappa shape index (κ1) is 27.6. The van der Waals surface area contributed by atoms with E-state index in [-0.39, 0.29) is 11.3 Å². The van der Waals surface area contributed by atoms with Crippen LogP contribution in [0.3, 0.4) is 0 Å². The van der Waals surface area contributed by atoms with E-state index in [1.54, 1.807) is 19.2 Å². The number of amides is 1. The molecule has 0 bridgehead atoms. The molecule has 1 atom stereocenters. The van der Waals surface area contributed by atoms with E-state index in [1.807, 2.05) is 29.3 Å². The van der Waals surface area contributed by atoms with Gasteiger partial charge in [-0.1, -0.05) is 24.8 Å².